The summed E-state index contributed by atoms with van der Waals surface area (Å²) in [7, 11) is 7.91. The predicted molar refractivity (Wildman–Crippen MR) is 135 cm³/mol. The van der Waals surface area contributed by atoms with Crippen LogP contribution in [0.15, 0.2) is 51.1 Å². The van der Waals surface area contributed by atoms with Crippen LogP contribution in [0.5, 0.6) is 23.1 Å². The van der Waals surface area contributed by atoms with Crippen molar-refractivity contribution >= 4 is 35.4 Å². The van der Waals surface area contributed by atoms with Crippen molar-refractivity contribution in [1.29, 1.82) is 0 Å². The van der Waals surface area contributed by atoms with Crippen LogP contribution in [0.4, 0.5) is 5.69 Å². The van der Waals surface area contributed by atoms with Crippen molar-refractivity contribution in [2.24, 2.45) is 19.1 Å². The van der Waals surface area contributed by atoms with Crippen molar-refractivity contribution in [1.82, 2.24) is 9.13 Å². The van der Waals surface area contributed by atoms with Gasteiger partial charge in [0, 0.05) is 36.2 Å². The zero-order valence-electron chi connectivity index (χ0n) is 19.5. The molecule has 34 heavy (non-hydrogen) atoms. The maximum Gasteiger partial charge on any atom is 0.267 e. The average Bonchev–Trinajstić information content (AvgIpc) is 3.04. The number of nitrogens with zero attached hydrogens (tertiary/aromatic N) is 3. The number of rotatable bonds is 5. The van der Waals surface area contributed by atoms with Gasteiger partial charge in [0.1, 0.15) is 5.56 Å². The second-order valence-corrected chi connectivity index (χ2v) is 9.27. The summed E-state index contributed by atoms with van der Waals surface area (Å²) >= 11 is 6.89. The largest absolute Gasteiger partial charge is 0.494 e. The van der Waals surface area contributed by atoms with E-state index in [4.69, 9.17) is 31.4 Å². The standard InChI is InChI=1S/C24H25N3O5S2/c1-26-22(28)19(23(29)27(2)24(26)33)15-12-18(34-17-9-7-6-8-14(17)25-15)13-10-11-16(30-3)21(32-5)20(13)31-4/h6-11,18,28H,12H2,1-5H3/t18-/m0/s1. The minimum Gasteiger partial charge on any atom is -0.494 e. The van der Waals surface area contributed by atoms with E-state index < -0.39 is 5.56 Å². The van der Waals surface area contributed by atoms with E-state index >= 15 is 0 Å². The van der Waals surface area contributed by atoms with Crippen molar-refractivity contribution in [3.63, 3.8) is 0 Å². The molecule has 0 bridgehead atoms. The van der Waals surface area contributed by atoms with Gasteiger partial charge in [-0.2, -0.15) is 0 Å². The summed E-state index contributed by atoms with van der Waals surface area (Å²) in [6.07, 6.45) is 0.352. The molecule has 4 rings (SSSR count). The van der Waals surface area contributed by atoms with Crippen molar-refractivity contribution in [2.45, 2.75) is 16.6 Å². The van der Waals surface area contributed by atoms with Crippen LogP contribution in [0.1, 0.15) is 22.8 Å². The third-order valence-electron chi connectivity index (χ3n) is 5.77. The summed E-state index contributed by atoms with van der Waals surface area (Å²) in [5.41, 5.74) is 1.76. The van der Waals surface area contributed by atoms with E-state index in [1.165, 1.54) is 9.13 Å². The molecular formula is C24H25N3O5S2. The molecule has 1 N–H and O–H groups in total. The van der Waals surface area contributed by atoms with Crippen LogP contribution in [0, 0.1) is 4.77 Å². The average molecular weight is 500 g/mol. The Morgan fingerprint density at radius 1 is 1.03 bits per heavy atom. The van der Waals surface area contributed by atoms with Gasteiger partial charge < -0.3 is 19.3 Å². The summed E-state index contributed by atoms with van der Waals surface area (Å²) in [6, 6.07) is 11.5. The zero-order valence-corrected chi connectivity index (χ0v) is 21.1. The number of fused-ring (bicyclic) bond motifs is 1. The summed E-state index contributed by atoms with van der Waals surface area (Å²) in [6.45, 7) is 0. The molecule has 0 amide bonds. The lowest BCUT2D eigenvalue weighted by Gasteiger charge is -2.22. The van der Waals surface area contributed by atoms with Crippen LogP contribution in [-0.4, -0.2) is 41.3 Å². The molecular weight excluding hydrogens is 474 g/mol. The van der Waals surface area contributed by atoms with Crippen LogP contribution in [-0.2, 0) is 14.1 Å². The highest BCUT2D eigenvalue weighted by Crippen LogP contribution is 2.51. The number of aromatic nitrogens is 2. The van der Waals surface area contributed by atoms with Gasteiger partial charge in [-0.15, -0.1) is 11.8 Å². The Kier molecular flexibility index (Phi) is 6.72. The Labute approximate surface area is 206 Å². The minimum atomic E-state index is -0.401. The Morgan fingerprint density at radius 3 is 2.41 bits per heavy atom. The molecule has 8 nitrogen and oxygen atoms in total. The Hall–Kier alpha value is -3.24. The fraction of sp³-hybridized carbons (Fsp3) is 0.292. The van der Waals surface area contributed by atoms with Crippen molar-refractivity contribution in [3.8, 4) is 23.1 Å². The number of hydrogen-bond acceptors (Lipinski definition) is 8. The molecule has 178 valence electrons. The van der Waals surface area contributed by atoms with Crippen LogP contribution >= 0.6 is 24.0 Å². The quantitative estimate of drug-likeness (QED) is 0.516. The van der Waals surface area contributed by atoms with E-state index in [0.29, 0.717) is 29.4 Å². The van der Waals surface area contributed by atoms with Gasteiger partial charge >= 0.3 is 0 Å². The fourth-order valence-corrected chi connectivity index (χ4v) is 5.43. The molecule has 0 fully saturated rings. The first-order chi connectivity index (χ1) is 16.3. The number of methoxy groups -OCH3 is 3. The second-order valence-electron chi connectivity index (χ2n) is 7.66. The number of aliphatic imine (C=N–C) groups is 1. The maximum atomic E-state index is 13.2. The smallest absolute Gasteiger partial charge is 0.267 e. The molecule has 0 saturated carbocycles. The molecule has 3 aromatic rings. The molecule has 0 spiro atoms. The van der Waals surface area contributed by atoms with Gasteiger partial charge in [0.25, 0.3) is 5.56 Å². The third-order valence-corrected chi connectivity index (χ3v) is 7.62. The first kappa shape index (κ1) is 23.9. The molecule has 1 aliphatic heterocycles. The van der Waals surface area contributed by atoms with Gasteiger partial charge in [-0.1, -0.05) is 18.2 Å². The molecule has 1 atom stereocenters. The predicted octanol–water partition coefficient (Wildman–Crippen LogP) is 4.54. The van der Waals surface area contributed by atoms with Gasteiger partial charge in [-0.25, -0.2) is 0 Å². The Bertz CT molecular complexity index is 1410. The van der Waals surface area contributed by atoms with E-state index in [1.807, 2.05) is 36.4 Å². The van der Waals surface area contributed by atoms with E-state index in [1.54, 1.807) is 47.2 Å². The van der Waals surface area contributed by atoms with Crippen molar-refractivity contribution in [3.05, 3.63) is 62.6 Å². The Morgan fingerprint density at radius 2 is 1.74 bits per heavy atom. The van der Waals surface area contributed by atoms with E-state index in [0.717, 1.165) is 16.1 Å². The van der Waals surface area contributed by atoms with Crippen LogP contribution in [0.2, 0.25) is 0 Å². The minimum absolute atomic E-state index is 0.125. The summed E-state index contributed by atoms with van der Waals surface area (Å²) < 4.78 is 19.7. The Balaban J connectivity index is 1.96. The molecule has 10 heteroatoms. The highest BCUT2D eigenvalue weighted by Gasteiger charge is 2.30. The monoisotopic (exact) mass is 499 g/mol. The van der Waals surface area contributed by atoms with E-state index in [2.05, 4.69) is 0 Å². The van der Waals surface area contributed by atoms with Gasteiger partial charge in [-0.05, 0) is 30.4 Å². The van der Waals surface area contributed by atoms with Gasteiger partial charge in [0.05, 0.1) is 32.7 Å². The maximum absolute atomic E-state index is 13.2. The fourth-order valence-electron chi connectivity index (χ4n) is 4.01. The number of benzene rings is 2. The van der Waals surface area contributed by atoms with Gasteiger partial charge in [0.2, 0.25) is 11.6 Å². The first-order valence-corrected chi connectivity index (χ1v) is 11.7. The lowest BCUT2D eigenvalue weighted by Crippen LogP contribution is -2.29. The number of thioether (sulfide) groups is 1. The third kappa shape index (κ3) is 3.97. The molecule has 2 aromatic carbocycles. The van der Waals surface area contributed by atoms with Crippen LogP contribution in [0.3, 0.4) is 0 Å². The highest BCUT2D eigenvalue weighted by molar-refractivity contribution is 7.99. The van der Waals surface area contributed by atoms with Gasteiger partial charge in [-0.3, -0.25) is 18.9 Å². The number of para-hydroxylation sites is 1. The lowest BCUT2D eigenvalue weighted by molar-refractivity contribution is 0.322. The van der Waals surface area contributed by atoms with Gasteiger partial charge in [0.15, 0.2) is 16.3 Å². The van der Waals surface area contributed by atoms with Crippen molar-refractivity contribution in [2.75, 3.05) is 21.3 Å². The summed E-state index contributed by atoms with van der Waals surface area (Å²) in [5.74, 6) is 1.37. The van der Waals surface area contributed by atoms with E-state index in [-0.39, 0.29) is 21.5 Å². The number of hydrogen-bond donors (Lipinski definition) is 1. The zero-order chi connectivity index (χ0) is 24.6. The SMILES string of the molecule is COc1ccc([C@@H]2CC(c3c(O)n(C)c(=S)n(C)c3=O)=Nc3ccccc3S2)c(OC)c1OC. The van der Waals surface area contributed by atoms with Crippen LogP contribution in [0.25, 0.3) is 0 Å². The molecule has 0 radical (unpaired) electrons. The highest BCUT2D eigenvalue weighted by atomic mass is 32.2. The molecule has 1 aliphatic rings. The molecule has 1 aromatic heterocycles. The van der Waals surface area contributed by atoms with E-state index in [9.17, 15) is 9.90 Å². The normalized spacial score (nSPS) is 15.2. The summed E-state index contributed by atoms with van der Waals surface area (Å²) in [5, 5.41) is 10.7. The second kappa shape index (κ2) is 9.55. The molecule has 2 heterocycles. The topological polar surface area (TPSA) is 87.2 Å². The molecule has 0 saturated heterocycles. The first-order valence-electron chi connectivity index (χ1n) is 10.4. The summed E-state index contributed by atoms with van der Waals surface area (Å²) in [4.78, 5) is 19.0. The van der Waals surface area contributed by atoms with Crippen LogP contribution < -0.4 is 19.8 Å². The molecule has 0 unspecified atom stereocenters. The number of ether oxygens (including phenoxy) is 3. The lowest BCUT2D eigenvalue weighted by atomic mass is 10.0. The number of aromatic hydroxyl groups is 1. The molecule has 0 aliphatic carbocycles. The van der Waals surface area contributed by atoms with Crippen molar-refractivity contribution < 1.29 is 19.3 Å².